The molecule has 2 heterocycles. The quantitative estimate of drug-likeness (QED) is 0.341. The highest BCUT2D eigenvalue weighted by Crippen LogP contribution is 2.33. The summed E-state index contributed by atoms with van der Waals surface area (Å²) in [6.45, 7) is 12.0. The van der Waals surface area contributed by atoms with Crippen molar-refractivity contribution in [2.75, 3.05) is 33.3 Å². The first-order valence-corrected chi connectivity index (χ1v) is 11.3. The van der Waals surface area contributed by atoms with E-state index in [2.05, 4.69) is 71.6 Å². The zero-order valence-corrected chi connectivity index (χ0v) is 21.5. The van der Waals surface area contributed by atoms with Crippen molar-refractivity contribution >= 4 is 29.9 Å². The summed E-state index contributed by atoms with van der Waals surface area (Å²) in [6, 6.07) is 11.3. The smallest absolute Gasteiger partial charge is 0.191 e. The number of ether oxygens (including phenoxy) is 1. The second kappa shape index (κ2) is 12.2. The number of nitrogens with zero attached hydrogens (tertiary/aromatic N) is 2. The molecule has 0 aliphatic carbocycles. The molecule has 170 valence electrons. The largest absolute Gasteiger partial charge is 0.377 e. The van der Waals surface area contributed by atoms with E-state index in [4.69, 9.17) is 4.74 Å². The zero-order valence-electron chi connectivity index (χ0n) is 19.2. The maximum absolute atomic E-state index is 6.13. The molecule has 6 heteroatoms. The number of halogens is 1. The Hall–Kier alpha value is -0.860. The van der Waals surface area contributed by atoms with Crippen LogP contribution in [0.5, 0.6) is 0 Å². The molecular weight excluding hydrogens is 487 g/mol. The van der Waals surface area contributed by atoms with Crippen molar-refractivity contribution in [2.24, 2.45) is 16.3 Å². The maximum atomic E-state index is 6.13. The number of benzene rings is 1. The van der Waals surface area contributed by atoms with Crippen LogP contribution in [0.15, 0.2) is 35.3 Å². The number of guanidine groups is 1. The number of nitrogens with one attached hydrogen (secondary N) is 2. The van der Waals surface area contributed by atoms with Crippen LogP contribution in [0, 0.1) is 11.3 Å². The van der Waals surface area contributed by atoms with Gasteiger partial charge in [0.15, 0.2) is 5.96 Å². The number of piperidine rings is 1. The molecule has 0 amide bonds. The van der Waals surface area contributed by atoms with Crippen LogP contribution in [0.25, 0.3) is 0 Å². The second-order valence-corrected chi connectivity index (χ2v) is 9.69. The first-order valence-electron chi connectivity index (χ1n) is 11.3. The summed E-state index contributed by atoms with van der Waals surface area (Å²) < 4.78 is 6.13. The first kappa shape index (κ1) is 25.4. The van der Waals surface area contributed by atoms with Crippen molar-refractivity contribution in [3.8, 4) is 0 Å². The minimum Gasteiger partial charge on any atom is -0.377 e. The molecule has 1 aromatic carbocycles. The van der Waals surface area contributed by atoms with E-state index < -0.39 is 0 Å². The van der Waals surface area contributed by atoms with Crippen molar-refractivity contribution < 1.29 is 4.74 Å². The van der Waals surface area contributed by atoms with Crippen LogP contribution in [0.4, 0.5) is 0 Å². The molecule has 0 spiro atoms. The van der Waals surface area contributed by atoms with Crippen LogP contribution in [0.3, 0.4) is 0 Å². The van der Waals surface area contributed by atoms with Crippen LogP contribution in [-0.4, -0.2) is 56.3 Å². The maximum Gasteiger partial charge on any atom is 0.191 e. The number of aliphatic imine (C=N–C) groups is 1. The Labute approximate surface area is 200 Å². The van der Waals surface area contributed by atoms with Gasteiger partial charge in [-0.3, -0.25) is 9.89 Å². The van der Waals surface area contributed by atoms with Crippen LogP contribution in [0.1, 0.15) is 52.0 Å². The topological polar surface area (TPSA) is 48.9 Å². The van der Waals surface area contributed by atoms with Crippen LogP contribution >= 0.6 is 24.0 Å². The lowest BCUT2D eigenvalue weighted by Crippen LogP contribution is -2.51. The van der Waals surface area contributed by atoms with Gasteiger partial charge >= 0.3 is 0 Å². The third kappa shape index (κ3) is 7.68. The highest BCUT2D eigenvalue weighted by atomic mass is 127. The molecule has 2 fully saturated rings. The van der Waals surface area contributed by atoms with Crippen molar-refractivity contribution in [1.29, 1.82) is 0 Å². The van der Waals surface area contributed by atoms with E-state index in [1.165, 1.54) is 12.0 Å². The fourth-order valence-electron chi connectivity index (χ4n) is 4.70. The van der Waals surface area contributed by atoms with E-state index in [0.29, 0.717) is 18.1 Å². The summed E-state index contributed by atoms with van der Waals surface area (Å²) in [5.74, 6) is 1.47. The summed E-state index contributed by atoms with van der Waals surface area (Å²) >= 11 is 0. The lowest BCUT2D eigenvalue weighted by molar-refractivity contribution is -0.0835. The Morgan fingerprint density at radius 3 is 2.47 bits per heavy atom. The molecule has 2 N–H and O–H groups in total. The van der Waals surface area contributed by atoms with Gasteiger partial charge < -0.3 is 15.4 Å². The second-order valence-electron chi connectivity index (χ2n) is 9.69. The lowest BCUT2D eigenvalue weighted by Gasteiger charge is -2.40. The van der Waals surface area contributed by atoms with Crippen molar-refractivity contribution in [1.82, 2.24) is 15.5 Å². The van der Waals surface area contributed by atoms with E-state index in [0.717, 1.165) is 58.0 Å². The molecule has 2 aliphatic rings. The molecule has 0 bridgehead atoms. The highest BCUT2D eigenvalue weighted by Gasteiger charge is 2.35. The molecule has 1 aromatic rings. The molecule has 2 saturated heterocycles. The van der Waals surface area contributed by atoms with E-state index in [1.807, 2.05) is 7.05 Å². The molecular formula is C24H41IN4O. The van der Waals surface area contributed by atoms with Gasteiger partial charge in [-0.05, 0) is 36.7 Å². The Morgan fingerprint density at radius 1 is 1.13 bits per heavy atom. The average Bonchev–Trinajstić information content (AvgIpc) is 2.72. The Balaban J connectivity index is 0.00000320. The SMILES string of the molecule is CN=C(NCC1CCCOC1C(C)(C)C)NC1CCN(Cc2ccccc2)CC1.I. The molecule has 2 aliphatic heterocycles. The normalized spacial score (nSPS) is 24.2. The van der Waals surface area contributed by atoms with Gasteiger partial charge in [-0.15, -0.1) is 24.0 Å². The third-order valence-corrected chi connectivity index (χ3v) is 6.23. The van der Waals surface area contributed by atoms with E-state index in [1.54, 1.807) is 0 Å². The molecule has 0 radical (unpaired) electrons. The van der Waals surface area contributed by atoms with Gasteiger partial charge in [0.25, 0.3) is 0 Å². The van der Waals surface area contributed by atoms with Gasteiger partial charge in [-0.2, -0.15) is 0 Å². The van der Waals surface area contributed by atoms with Gasteiger partial charge in [-0.25, -0.2) is 0 Å². The van der Waals surface area contributed by atoms with E-state index in [9.17, 15) is 0 Å². The van der Waals surface area contributed by atoms with E-state index in [-0.39, 0.29) is 29.4 Å². The highest BCUT2D eigenvalue weighted by molar-refractivity contribution is 14.0. The number of rotatable bonds is 5. The Kier molecular flexibility index (Phi) is 10.4. The summed E-state index contributed by atoms with van der Waals surface area (Å²) in [6.07, 6.45) is 5.01. The van der Waals surface area contributed by atoms with Gasteiger partial charge in [-0.1, -0.05) is 51.1 Å². The van der Waals surface area contributed by atoms with Gasteiger partial charge in [0.1, 0.15) is 0 Å². The predicted molar refractivity (Wildman–Crippen MR) is 137 cm³/mol. The molecule has 0 aromatic heterocycles. The average molecular weight is 529 g/mol. The zero-order chi connectivity index (χ0) is 20.7. The van der Waals surface area contributed by atoms with Crippen LogP contribution < -0.4 is 10.6 Å². The van der Waals surface area contributed by atoms with Gasteiger partial charge in [0.05, 0.1) is 6.10 Å². The van der Waals surface area contributed by atoms with Crippen LogP contribution in [0.2, 0.25) is 0 Å². The lowest BCUT2D eigenvalue weighted by atomic mass is 9.78. The minimum atomic E-state index is 0. The Morgan fingerprint density at radius 2 is 1.83 bits per heavy atom. The Bertz CT molecular complexity index is 638. The summed E-state index contributed by atoms with van der Waals surface area (Å²) in [5.41, 5.74) is 1.58. The van der Waals surface area contributed by atoms with Gasteiger partial charge in [0.2, 0.25) is 0 Å². The molecule has 2 unspecified atom stereocenters. The minimum absolute atomic E-state index is 0. The number of hydrogen-bond acceptors (Lipinski definition) is 3. The molecule has 3 rings (SSSR count). The molecule has 30 heavy (non-hydrogen) atoms. The van der Waals surface area contributed by atoms with Gasteiger partial charge in [0, 0.05) is 51.8 Å². The number of likely N-dealkylation sites (tertiary alicyclic amines) is 1. The molecule has 5 nitrogen and oxygen atoms in total. The molecule has 0 saturated carbocycles. The van der Waals surface area contributed by atoms with Crippen molar-refractivity contribution in [3.63, 3.8) is 0 Å². The third-order valence-electron chi connectivity index (χ3n) is 6.23. The predicted octanol–water partition coefficient (Wildman–Crippen LogP) is 4.28. The van der Waals surface area contributed by atoms with E-state index >= 15 is 0 Å². The fourth-order valence-corrected chi connectivity index (χ4v) is 4.70. The van der Waals surface area contributed by atoms with Crippen LogP contribution in [-0.2, 0) is 11.3 Å². The molecule has 2 atom stereocenters. The fraction of sp³-hybridized carbons (Fsp3) is 0.708. The van der Waals surface area contributed by atoms with Crippen molar-refractivity contribution in [2.45, 2.75) is 65.1 Å². The number of hydrogen-bond donors (Lipinski definition) is 2. The summed E-state index contributed by atoms with van der Waals surface area (Å²) in [4.78, 5) is 7.03. The summed E-state index contributed by atoms with van der Waals surface area (Å²) in [7, 11) is 1.87. The van der Waals surface area contributed by atoms with Crippen molar-refractivity contribution in [3.05, 3.63) is 35.9 Å². The summed E-state index contributed by atoms with van der Waals surface area (Å²) in [5, 5.41) is 7.24. The first-order chi connectivity index (χ1) is 14.0. The monoisotopic (exact) mass is 528 g/mol. The standard InChI is InChI=1S/C24H40N4O.HI/c1-24(2,3)22-20(11-8-16-29-22)17-26-23(25-4)27-21-12-14-28(15-13-21)18-19-9-6-5-7-10-19;/h5-7,9-10,20-22H,8,11-18H2,1-4H3,(H2,25,26,27);1H.